The molecule has 0 bridgehead atoms. The van der Waals surface area contributed by atoms with Crippen molar-refractivity contribution in [3.8, 4) is 0 Å². The molecule has 0 spiro atoms. The molecule has 3 rings (SSSR count). The molecule has 1 saturated heterocycles. The van der Waals surface area contributed by atoms with Gasteiger partial charge in [-0.05, 0) is 38.0 Å². The minimum Gasteiger partial charge on any atom is -0.368 e. The molecule has 2 heteroatoms. The highest BCUT2D eigenvalue weighted by molar-refractivity contribution is 5.91. The van der Waals surface area contributed by atoms with Crippen molar-refractivity contribution in [1.29, 1.82) is 0 Å². The second-order valence-corrected chi connectivity index (χ2v) is 6.26. The van der Waals surface area contributed by atoms with Crippen LogP contribution < -0.4 is 0 Å². The van der Waals surface area contributed by atoms with E-state index in [1.807, 2.05) is 6.08 Å². The minimum atomic E-state index is 0.338. The van der Waals surface area contributed by atoms with Gasteiger partial charge in [0.15, 0.2) is 5.78 Å². The molecule has 0 aromatic heterocycles. The van der Waals surface area contributed by atoms with Crippen LogP contribution in [0.25, 0.3) is 0 Å². The van der Waals surface area contributed by atoms with Crippen molar-refractivity contribution in [2.45, 2.75) is 64.5 Å². The zero-order chi connectivity index (χ0) is 12.0. The van der Waals surface area contributed by atoms with Crippen LogP contribution in [0.15, 0.2) is 11.8 Å². The fraction of sp³-hybridized carbons (Fsp3) is 0.800. The Bertz CT molecular complexity index is 360. The number of carbonyl (C=O) groups is 1. The van der Waals surface area contributed by atoms with Crippen molar-refractivity contribution < 1.29 is 4.79 Å². The monoisotopic (exact) mass is 233 g/mol. The third-order valence-electron chi connectivity index (χ3n) is 5.03. The first-order chi connectivity index (χ1) is 8.16. The number of piperidine rings is 1. The minimum absolute atomic E-state index is 0.338. The van der Waals surface area contributed by atoms with Crippen LogP contribution in [0.5, 0.6) is 0 Å². The normalized spacial score (nSPS) is 41.6. The number of allylic oxidation sites excluding steroid dienone is 2. The highest BCUT2D eigenvalue weighted by Gasteiger charge is 2.42. The Hall–Kier alpha value is -0.790. The maximum absolute atomic E-state index is 11.7. The SMILES string of the molecule is CC1CC2=CC(=O)CC(C)N2C2CCCCC12. The second kappa shape index (κ2) is 4.15. The zero-order valence-corrected chi connectivity index (χ0v) is 11.0. The summed E-state index contributed by atoms with van der Waals surface area (Å²) < 4.78 is 0. The summed E-state index contributed by atoms with van der Waals surface area (Å²) in [5.41, 5.74) is 1.34. The molecule has 17 heavy (non-hydrogen) atoms. The summed E-state index contributed by atoms with van der Waals surface area (Å²) in [4.78, 5) is 14.3. The third kappa shape index (κ3) is 1.82. The summed E-state index contributed by atoms with van der Waals surface area (Å²) in [5.74, 6) is 1.97. The van der Waals surface area contributed by atoms with E-state index in [1.165, 1.54) is 31.4 Å². The largest absolute Gasteiger partial charge is 0.368 e. The van der Waals surface area contributed by atoms with Gasteiger partial charge in [-0.25, -0.2) is 0 Å². The summed E-state index contributed by atoms with van der Waals surface area (Å²) in [6, 6.07) is 1.16. The number of carbonyl (C=O) groups excluding carboxylic acids is 1. The molecule has 1 aliphatic carbocycles. The average Bonchev–Trinajstić information content (AvgIpc) is 2.28. The van der Waals surface area contributed by atoms with Crippen molar-refractivity contribution in [1.82, 2.24) is 4.90 Å². The van der Waals surface area contributed by atoms with Gasteiger partial charge in [-0.3, -0.25) is 4.79 Å². The van der Waals surface area contributed by atoms with Gasteiger partial charge in [0.05, 0.1) is 0 Å². The molecule has 2 fully saturated rings. The van der Waals surface area contributed by atoms with E-state index in [0.717, 1.165) is 30.7 Å². The molecule has 0 aromatic carbocycles. The predicted octanol–water partition coefficient (Wildman–Crippen LogP) is 3.13. The first-order valence-corrected chi connectivity index (χ1v) is 7.18. The van der Waals surface area contributed by atoms with Gasteiger partial charge in [0.1, 0.15) is 0 Å². The number of rotatable bonds is 0. The van der Waals surface area contributed by atoms with Crippen LogP contribution in [0.3, 0.4) is 0 Å². The maximum atomic E-state index is 11.7. The fourth-order valence-corrected chi connectivity index (χ4v) is 4.33. The second-order valence-electron chi connectivity index (χ2n) is 6.26. The van der Waals surface area contributed by atoms with E-state index in [0.29, 0.717) is 11.8 Å². The lowest BCUT2D eigenvalue weighted by atomic mass is 9.70. The smallest absolute Gasteiger partial charge is 0.159 e. The zero-order valence-electron chi connectivity index (χ0n) is 11.0. The molecule has 0 radical (unpaired) electrons. The standard InChI is InChI=1S/C15H23NO/c1-10-7-12-9-13(17)8-11(2)16(12)15-6-4-3-5-14(10)15/h9-11,14-15H,3-8H2,1-2H3. The van der Waals surface area contributed by atoms with Gasteiger partial charge in [-0.1, -0.05) is 19.8 Å². The van der Waals surface area contributed by atoms with Gasteiger partial charge in [0.25, 0.3) is 0 Å². The molecule has 2 nitrogen and oxygen atoms in total. The predicted molar refractivity (Wildman–Crippen MR) is 68.5 cm³/mol. The highest BCUT2D eigenvalue weighted by Crippen LogP contribution is 2.45. The van der Waals surface area contributed by atoms with Gasteiger partial charge in [-0.2, -0.15) is 0 Å². The molecular weight excluding hydrogens is 210 g/mol. The van der Waals surface area contributed by atoms with Crippen molar-refractivity contribution >= 4 is 5.78 Å². The topological polar surface area (TPSA) is 20.3 Å². The molecule has 1 saturated carbocycles. The van der Waals surface area contributed by atoms with Crippen LogP contribution in [0.2, 0.25) is 0 Å². The summed E-state index contributed by atoms with van der Waals surface area (Å²) in [7, 11) is 0. The van der Waals surface area contributed by atoms with Crippen LogP contribution in [0.4, 0.5) is 0 Å². The van der Waals surface area contributed by atoms with Crippen LogP contribution in [0, 0.1) is 11.8 Å². The third-order valence-corrected chi connectivity index (χ3v) is 5.03. The molecule has 3 aliphatic rings. The Kier molecular flexibility index (Phi) is 2.76. The van der Waals surface area contributed by atoms with E-state index in [2.05, 4.69) is 18.7 Å². The molecule has 0 aromatic rings. The highest BCUT2D eigenvalue weighted by atomic mass is 16.1. The summed E-state index contributed by atoms with van der Waals surface area (Å²) in [6.07, 6.45) is 9.30. The van der Waals surface area contributed by atoms with Gasteiger partial charge in [-0.15, -0.1) is 0 Å². The van der Waals surface area contributed by atoms with E-state index < -0.39 is 0 Å². The van der Waals surface area contributed by atoms with Gasteiger partial charge < -0.3 is 4.90 Å². The van der Waals surface area contributed by atoms with E-state index >= 15 is 0 Å². The first-order valence-electron chi connectivity index (χ1n) is 7.18. The van der Waals surface area contributed by atoms with Gasteiger partial charge in [0.2, 0.25) is 0 Å². The average molecular weight is 233 g/mol. The van der Waals surface area contributed by atoms with Crippen LogP contribution >= 0.6 is 0 Å². The Morgan fingerprint density at radius 1 is 1.18 bits per heavy atom. The number of hydrogen-bond donors (Lipinski definition) is 0. The molecule has 0 N–H and O–H groups in total. The quantitative estimate of drug-likeness (QED) is 0.640. The Morgan fingerprint density at radius 3 is 2.76 bits per heavy atom. The lowest BCUT2D eigenvalue weighted by Gasteiger charge is -2.53. The number of ketones is 1. The molecule has 2 aliphatic heterocycles. The number of nitrogens with zero attached hydrogens (tertiary/aromatic N) is 1. The molecule has 4 atom stereocenters. The van der Waals surface area contributed by atoms with Crippen molar-refractivity contribution in [3.63, 3.8) is 0 Å². The molecular formula is C15H23NO. The van der Waals surface area contributed by atoms with Crippen molar-refractivity contribution in [2.75, 3.05) is 0 Å². The van der Waals surface area contributed by atoms with E-state index in [-0.39, 0.29) is 0 Å². The Balaban J connectivity index is 1.93. The molecule has 0 amide bonds. The summed E-state index contributed by atoms with van der Waals surface area (Å²) >= 11 is 0. The lowest BCUT2D eigenvalue weighted by Crippen LogP contribution is -2.54. The van der Waals surface area contributed by atoms with Crippen molar-refractivity contribution in [3.05, 3.63) is 11.8 Å². The van der Waals surface area contributed by atoms with Crippen LogP contribution in [-0.2, 0) is 4.79 Å². The number of hydrogen-bond acceptors (Lipinski definition) is 2. The number of fused-ring (bicyclic) bond motifs is 3. The lowest BCUT2D eigenvalue weighted by molar-refractivity contribution is -0.117. The maximum Gasteiger partial charge on any atom is 0.159 e. The molecule has 94 valence electrons. The van der Waals surface area contributed by atoms with Gasteiger partial charge in [0, 0.05) is 30.3 Å². The van der Waals surface area contributed by atoms with Crippen LogP contribution in [0.1, 0.15) is 52.4 Å². The molecule has 4 unspecified atom stereocenters. The van der Waals surface area contributed by atoms with Crippen molar-refractivity contribution in [2.24, 2.45) is 11.8 Å². The summed E-state index contributed by atoms with van der Waals surface area (Å²) in [6.45, 7) is 4.61. The fourth-order valence-electron chi connectivity index (χ4n) is 4.33. The summed E-state index contributed by atoms with van der Waals surface area (Å²) in [5, 5.41) is 0. The molecule has 2 heterocycles. The Morgan fingerprint density at radius 2 is 1.94 bits per heavy atom. The van der Waals surface area contributed by atoms with E-state index in [9.17, 15) is 4.79 Å². The first kappa shape index (κ1) is 11.3. The van der Waals surface area contributed by atoms with Gasteiger partial charge >= 0.3 is 0 Å². The Labute approximate surface area is 104 Å². The van der Waals surface area contributed by atoms with Crippen LogP contribution in [-0.4, -0.2) is 22.8 Å². The van der Waals surface area contributed by atoms with E-state index in [1.54, 1.807) is 0 Å². The van der Waals surface area contributed by atoms with E-state index in [4.69, 9.17) is 0 Å².